The second-order valence-corrected chi connectivity index (χ2v) is 5.82. The normalized spacial score (nSPS) is 23.8. The highest BCUT2D eigenvalue weighted by Gasteiger charge is 2.26. The van der Waals surface area contributed by atoms with Gasteiger partial charge in [-0.2, -0.15) is 0 Å². The summed E-state index contributed by atoms with van der Waals surface area (Å²) < 4.78 is 5.52. The Balaban J connectivity index is 2.15. The van der Waals surface area contributed by atoms with Gasteiger partial charge in [-0.05, 0) is 25.8 Å². The van der Waals surface area contributed by atoms with Gasteiger partial charge in [0.1, 0.15) is 5.75 Å². The van der Waals surface area contributed by atoms with Gasteiger partial charge in [0, 0.05) is 37.3 Å². The van der Waals surface area contributed by atoms with Crippen molar-refractivity contribution in [3.63, 3.8) is 0 Å². The molecule has 112 valence electrons. The standard InChI is InChI=1S/C17H28N2O/c1-5-15-12-19(16(6-2)10-18-15)11-14-9-13(3)7-8-17(14)20-4/h7-9,15-16,18H,5-6,10-12H2,1-4H3. The van der Waals surface area contributed by atoms with E-state index < -0.39 is 0 Å². The van der Waals surface area contributed by atoms with Gasteiger partial charge in [-0.3, -0.25) is 4.90 Å². The second kappa shape index (κ2) is 7.09. The van der Waals surface area contributed by atoms with Gasteiger partial charge in [-0.25, -0.2) is 0 Å². The minimum absolute atomic E-state index is 0.619. The van der Waals surface area contributed by atoms with Crippen molar-refractivity contribution in [2.45, 2.75) is 52.2 Å². The van der Waals surface area contributed by atoms with E-state index in [1.165, 1.54) is 24.0 Å². The zero-order valence-corrected chi connectivity index (χ0v) is 13.3. The maximum atomic E-state index is 5.52. The fourth-order valence-electron chi connectivity index (χ4n) is 3.05. The first-order chi connectivity index (χ1) is 9.67. The number of methoxy groups -OCH3 is 1. The predicted octanol–water partition coefficient (Wildman–Crippen LogP) is 2.97. The molecule has 1 aromatic rings. The molecular formula is C17H28N2O. The summed E-state index contributed by atoms with van der Waals surface area (Å²) in [7, 11) is 1.76. The number of aryl methyl sites for hydroxylation is 1. The van der Waals surface area contributed by atoms with E-state index >= 15 is 0 Å². The summed E-state index contributed by atoms with van der Waals surface area (Å²) in [5.74, 6) is 1.01. The molecule has 0 bridgehead atoms. The molecule has 2 atom stereocenters. The number of benzene rings is 1. The first-order valence-electron chi connectivity index (χ1n) is 7.78. The summed E-state index contributed by atoms with van der Waals surface area (Å²) in [4.78, 5) is 2.61. The van der Waals surface area contributed by atoms with Gasteiger partial charge in [-0.15, -0.1) is 0 Å². The van der Waals surface area contributed by atoms with E-state index in [0.29, 0.717) is 12.1 Å². The van der Waals surface area contributed by atoms with Gasteiger partial charge in [-0.1, -0.05) is 31.5 Å². The largest absolute Gasteiger partial charge is 0.496 e. The third kappa shape index (κ3) is 3.53. The highest BCUT2D eigenvalue weighted by molar-refractivity contribution is 5.36. The number of rotatable bonds is 5. The fourth-order valence-corrected chi connectivity index (χ4v) is 3.05. The Morgan fingerprint density at radius 2 is 2.10 bits per heavy atom. The molecule has 3 nitrogen and oxygen atoms in total. The Morgan fingerprint density at radius 1 is 1.30 bits per heavy atom. The molecule has 1 heterocycles. The lowest BCUT2D eigenvalue weighted by molar-refractivity contribution is 0.116. The van der Waals surface area contributed by atoms with Crippen molar-refractivity contribution in [3.05, 3.63) is 29.3 Å². The van der Waals surface area contributed by atoms with Crippen LogP contribution in [0.4, 0.5) is 0 Å². The smallest absolute Gasteiger partial charge is 0.123 e. The molecule has 1 aromatic carbocycles. The summed E-state index contributed by atoms with van der Waals surface area (Å²) in [6, 6.07) is 7.71. The van der Waals surface area contributed by atoms with Crippen LogP contribution in [-0.4, -0.2) is 37.2 Å². The van der Waals surface area contributed by atoms with E-state index in [-0.39, 0.29) is 0 Å². The molecule has 3 heteroatoms. The summed E-state index contributed by atoms with van der Waals surface area (Å²) in [5, 5.41) is 3.65. The van der Waals surface area contributed by atoms with Crippen LogP contribution in [0, 0.1) is 6.92 Å². The van der Waals surface area contributed by atoms with Gasteiger partial charge in [0.2, 0.25) is 0 Å². The predicted molar refractivity (Wildman–Crippen MR) is 84.3 cm³/mol. The molecule has 20 heavy (non-hydrogen) atoms. The Kier molecular flexibility index (Phi) is 5.44. The zero-order chi connectivity index (χ0) is 14.5. The lowest BCUT2D eigenvalue weighted by atomic mass is 10.0. The summed E-state index contributed by atoms with van der Waals surface area (Å²) in [5.41, 5.74) is 2.61. The molecule has 0 spiro atoms. The third-order valence-corrected chi connectivity index (χ3v) is 4.39. The van der Waals surface area contributed by atoms with Crippen LogP contribution in [0.5, 0.6) is 5.75 Å². The van der Waals surface area contributed by atoms with Crippen molar-refractivity contribution in [2.75, 3.05) is 20.2 Å². The van der Waals surface area contributed by atoms with Gasteiger partial charge in [0.15, 0.2) is 0 Å². The number of hydrogen-bond acceptors (Lipinski definition) is 3. The first-order valence-corrected chi connectivity index (χ1v) is 7.78. The Hall–Kier alpha value is -1.06. The van der Waals surface area contributed by atoms with Crippen LogP contribution in [0.25, 0.3) is 0 Å². The monoisotopic (exact) mass is 276 g/mol. The van der Waals surface area contributed by atoms with Crippen molar-refractivity contribution in [1.29, 1.82) is 0 Å². The molecule has 0 aliphatic carbocycles. The molecular weight excluding hydrogens is 248 g/mol. The lowest BCUT2D eigenvalue weighted by Crippen LogP contribution is -2.55. The van der Waals surface area contributed by atoms with Crippen molar-refractivity contribution in [3.8, 4) is 5.75 Å². The second-order valence-electron chi connectivity index (χ2n) is 5.82. The molecule has 0 saturated carbocycles. The highest BCUT2D eigenvalue weighted by atomic mass is 16.5. The summed E-state index contributed by atoms with van der Waals surface area (Å²) in [6.45, 7) is 9.90. The Bertz CT molecular complexity index is 433. The summed E-state index contributed by atoms with van der Waals surface area (Å²) in [6.07, 6.45) is 2.38. The van der Waals surface area contributed by atoms with Gasteiger partial charge < -0.3 is 10.1 Å². The quantitative estimate of drug-likeness (QED) is 0.895. The van der Waals surface area contributed by atoms with E-state index in [0.717, 1.165) is 25.4 Å². The molecule has 2 unspecified atom stereocenters. The topological polar surface area (TPSA) is 24.5 Å². The molecule has 1 fully saturated rings. The van der Waals surface area contributed by atoms with Crippen LogP contribution in [-0.2, 0) is 6.54 Å². The van der Waals surface area contributed by atoms with Crippen molar-refractivity contribution < 1.29 is 4.74 Å². The summed E-state index contributed by atoms with van der Waals surface area (Å²) >= 11 is 0. The van der Waals surface area contributed by atoms with Gasteiger partial charge in [0.25, 0.3) is 0 Å². The fraction of sp³-hybridized carbons (Fsp3) is 0.647. The molecule has 1 aliphatic rings. The molecule has 0 radical (unpaired) electrons. The van der Waals surface area contributed by atoms with Crippen molar-refractivity contribution in [2.24, 2.45) is 0 Å². The Morgan fingerprint density at radius 3 is 2.75 bits per heavy atom. The van der Waals surface area contributed by atoms with Crippen molar-refractivity contribution >= 4 is 0 Å². The third-order valence-electron chi connectivity index (χ3n) is 4.39. The van der Waals surface area contributed by atoms with E-state index in [1.54, 1.807) is 7.11 Å². The minimum Gasteiger partial charge on any atom is -0.496 e. The van der Waals surface area contributed by atoms with Crippen LogP contribution >= 0.6 is 0 Å². The minimum atomic E-state index is 0.619. The maximum Gasteiger partial charge on any atom is 0.123 e. The molecule has 0 aromatic heterocycles. The number of nitrogens with zero attached hydrogens (tertiary/aromatic N) is 1. The highest BCUT2D eigenvalue weighted by Crippen LogP contribution is 2.24. The van der Waals surface area contributed by atoms with Crippen LogP contribution in [0.2, 0.25) is 0 Å². The average molecular weight is 276 g/mol. The van der Waals surface area contributed by atoms with Gasteiger partial charge in [0.05, 0.1) is 7.11 Å². The number of nitrogens with one attached hydrogen (secondary N) is 1. The number of piperazine rings is 1. The van der Waals surface area contributed by atoms with E-state index in [4.69, 9.17) is 4.74 Å². The van der Waals surface area contributed by atoms with E-state index in [1.807, 2.05) is 0 Å². The van der Waals surface area contributed by atoms with Crippen LogP contribution in [0.3, 0.4) is 0 Å². The van der Waals surface area contributed by atoms with Gasteiger partial charge >= 0.3 is 0 Å². The first kappa shape index (κ1) is 15.3. The molecule has 2 rings (SSSR count). The van der Waals surface area contributed by atoms with Crippen LogP contribution in [0.15, 0.2) is 18.2 Å². The zero-order valence-electron chi connectivity index (χ0n) is 13.3. The molecule has 1 aliphatic heterocycles. The number of ether oxygens (including phenoxy) is 1. The van der Waals surface area contributed by atoms with Crippen molar-refractivity contribution in [1.82, 2.24) is 10.2 Å². The number of hydrogen-bond donors (Lipinski definition) is 1. The lowest BCUT2D eigenvalue weighted by Gasteiger charge is -2.40. The maximum absolute atomic E-state index is 5.52. The van der Waals surface area contributed by atoms with Crippen LogP contribution < -0.4 is 10.1 Å². The molecule has 1 saturated heterocycles. The SMILES string of the molecule is CCC1CN(Cc2cc(C)ccc2OC)C(CC)CN1. The average Bonchev–Trinajstić information content (AvgIpc) is 2.47. The molecule has 1 N–H and O–H groups in total. The van der Waals surface area contributed by atoms with E-state index in [9.17, 15) is 0 Å². The Labute approximate surface area is 123 Å². The molecule has 0 amide bonds. The van der Waals surface area contributed by atoms with Crippen LogP contribution in [0.1, 0.15) is 37.8 Å². The van der Waals surface area contributed by atoms with E-state index in [2.05, 4.69) is 49.2 Å².